The molecular weight excluding hydrogens is 312 g/mol. The molecule has 0 radical (unpaired) electrons. The third-order valence-electron chi connectivity index (χ3n) is 4.24. The molecule has 0 unspecified atom stereocenters. The number of nitrogen functional groups attached to an aromatic ring is 1. The monoisotopic (exact) mass is 336 g/mol. The molecule has 4 N–H and O–H groups in total. The Hall–Kier alpha value is -1.38. The largest absolute Gasteiger partial charge is 0.391 e. The second-order valence-corrected chi connectivity index (χ2v) is 7.99. The Morgan fingerprint density at radius 2 is 2.22 bits per heavy atom. The van der Waals surface area contributed by atoms with E-state index < -0.39 is 0 Å². The molecule has 23 heavy (non-hydrogen) atoms. The van der Waals surface area contributed by atoms with Gasteiger partial charge in [0.2, 0.25) is 0 Å². The number of H-pyrrole nitrogens is 1. The van der Waals surface area contributed by atoms with E-state index in [0.29, 0.717) is 22.5 Å². The summed E-state index contributed by atoms with van der Waals surface area (Å²) in [6.07, 6.45) is 2.05. The zero-order chi connectivity index (χ0) is 16.4. The second-order valence-electron chi connectivity index (χ2n) is 6.38. The van der Waals surface area contributed by atoms with Crippen LogP contribution in [-0.4, -0.2) is 66.9 Å². The van der Waals surface area contributed by atoms with E-state index in [9.17, 15) is 5.11 Å². The topological polar surface area (TPSA) is 104 Å². The van der Waals surface area contributed by atoms with Crippen LogP contribution in [0.5, 0.6) is 0 Å². The maximum Gasteiger partial charge on any atom is 0.155 e. The van der Waals surface area contributed by atoms with Crippen LogP contribution in [0.1, 0.15) is 19.5 Å². The Morgan fingerprint density at radius 1 is 1.39 bits per heavy atom. The van der Waals surface area contributed by atoms with Crippen molar-refractivity contribution in [3.63, 3.8) is 0 Å². The maximum atomic E-state index is 10.2. The van der Waals surface area contributed by atoms with E-state index in [1.165, 1.54) is 6.33 Å². The number of rotatable bonds is 6. The zero-order valence-electron chi connectivity index (χ0n) is 13.6. The lowest BCUT2D eigenvalue weighted by molar-refractivity contribution is 0.150. The van der Waals surface area contributed by atoms with Gasteiger partial charge in [-0.15, -0.1) is 0 Å². The number of likely N-dealkylation sites (tertiary alicyclic amines) is 1. The quantitative estimate of drug-likeness (QED) is 0.720. The normalized spacial score (nSPS) is 22.4. The number of hydrogen-bond acceptors (Lipinski definition) is 7. The molecule has 1 saturated heterocycles. The second kappa shape index (κ2) is 7.02. The summed E-state index contributed by atoms with van der Waals surface area (Å²) < 4.78 is 0. The SMILES string of the molecule is CC(C)SC[C@H]1CN(CCc2[nH]nc3c(N)ncnc23)C[C@@H]1O. The predicted octanol–water partition coefficient (Wildman–Crippen LogP) is 0.912. The molecule has 2 aromatic heterocycles. The summed E-state index contributed by atoms with van der Waals surface area (Å²) in [5, 5.41) is 18.0. The van der Waals surface area contributed by atoms with Crippen LogP contribution in [0.25, 0.3) is 11.0 Å². The van der Waals surface area contributed by atoms with Crippen LogP contribution >= 0.6 is 11.8 Å². The first-order valence-electron chi connectivity index (χ1n) is 8.00. The van der Waals surface area contributed by atoms with Crippen LogP contribution in [0, 0.1) is 5.92 Å². The Balaban J connectivity index is 1.57. The third kappa shape index (κ3) is 3.76. The molecule has 1 aliphatic heterocycles. The molecule has 0 saturated carbocycles. The summed E-state index contributed by atoms with van der Waals surface area (Å²) in [7, 11) is 0. The number of thioether (sulfide) groups is 1. The molecule has 3 heterocycles. The van der Waals surface area contributed by atoms with Crippen molar-refractivity contribution in [3.8, 4) is 0 Å². The first-order chi connectivity index (χ1) is 11.0. The van der Waals surface area contributed by atoms with Crippen molar-refractivity contribution in [2.75, 3.05) is 31.1 Å². The Bertz CT molecular complexity index is 660. The molecule has 1 aliphatic rings. The number of nitrogens with one attached hydrogen (secondary N) is 1. The fourth-order valence-electron chi connectivity index (χ4n) is 2.95. The molecule has 2 aromatic rings. The van der Waals surface area contributed by atoms with Crippen molar-refractivity contribution in [1.82, 2.24) is 25.1 Å². The summed E-state index contributed by atoms with van der Waals surface area (Å²) in [5.74, 6) is 1.78. The van der Waals surface area contributed by atoms with E-state index in [-0.39, 0.29) is 6.10 Å². The lowest BCUT2D eigenvalue weighted by Crippen LogP contribution is -2.24. The number of aromatic nitrogens is 4. The fraction of sp³-hybridized carbons (Fsp3) is 0.667. The molecule has 1 fully saturated rings. The van der Waals surface area contributed by atoms with Crippen molar-refractivity contribution in [2.24, 2.45) is 5.92 Å². The van der Waals surface area contributed by atoms with Crippen molar-refractivity contribution in [3.05, 3.63) is 12.0 Å². The molecule has 0 spiro atoms. The molecule has 126 valence electrons. The number of nitrogens with zero attached hydrogens (tertiary/aromatic N) is 4. The van der Waals surface area contributed by atoms with Crippen LogP contribution in [0.15, 0.2) is 6.33 Å². The highest BCUT2D eigenvalue weighted by Gasteiger charge is 2.31. The number of fused-ring (bicyclic) bond motifs is 1. The molecule has 0 aromatic carbocycles. The summed E-state index contributed by atoms with van der Waals surface area (Å²) >= 11 is 1.92. The van der Waals surface area contributed by atoms with Crippen LogP contribution in [-0.2, 0) is 6.42 Å². The lowest BCUT2D eigenvalue weighted by Gasteiger charge is -2.15. The first kappa shape index (κ1) is 16.5. The number of anilines is 1. The summed E-state index contributed by atoms with van der Waals surface area (Å²) in [4.78, 5) is 10.5. The van der Waals surface area contributed by atoms with Gasteiger partial charge in [0, 0.05) is 37.7 Å². The van der Waals surface area contributed by atoms with Crippen LogP contribution in [0.3, 0.4) is 0 Å². The van der Waals surface area contributed by atoms with Crippen molar-refractivity contribution >= 4 is 28.6 Å². The number of aliphatic hydroxyl groups excluding tert-OH is 1. The number of aliphatic hydroxyl groups is 1. The number of nitrogens with two attached hydrogens (primary N) is 1. The van der Waals surface area contributed by atoms with Gasteiger partial charge in [0.1, 0.15) is 11.8 Å². The Morgan fingerprint density at radius 3 is 3.00 bits per heavy atom. The molecular formula is C15H24N6OS. The summed E-state index contributed by atoms with van der Waals surface area (Å²) in [6.45, 7) is 6.96. The van der Waals surface area contributed by atoms with Gasteiger partial charge in [-0.05, 0) is 5.25 Å². The molecule has 0 amide bonds. The van der Waals surface area contributed by atoms with Crippen LogP contribution in [0.2, 0.25) is 0 Å². The van der Waals surface area contributed by atoms with Gasteiger partial charge in [0.05, 0.1) is 11.8 Å². The van der Waals surface area contributed by atoms with E-state index in [1.807, 2.05) is 11.8 Å². The molecule has 3 rings (SSSR count). The average molecular weight is 336 g/mol. The molecule has 7 nitrogen and oxygen atoms in total. The number of β-amino-alcohol motifs (C(OH)–C–C–N with tert-alkyl or cyclic N) is 1. The van der Waals surface area contributed by atoms with Gasteiger partial charge in [0.15, 0.2) is 11.3 Å². The Kier molecular flexibility index (Phi) is 5.03. The number of aromatic amines is 1. The van der Waals surface area contributed by atoms with E-state index in [1.54, 1.807) is 0 Å². The minimum Gasteiger partial charge on any atom is -0.391 e. The summed E-state index contributed by atoms with van der Waals surface area (Å²) in [5.41, 5.74) is 8.21. The molecule has 0 aliphatic carbocycles. The van der Waals surface area contributed by atoms with Crippen molar-refractivity contribution in [1.29, 1.82) is 0 Å². The van der Waals surface area contributed by atoms with Crippen LogP contribution < -0.4 is 5.73 Å². The molecule has 8 heteroatoms. The minimum atomic E-state index is -0.224. The van der Waals surface area contributed by atoms with E-state index >= 15 is 0 Å². The fourth-order valence-corrected chi connectivity index (χ4v) is 3.91. The predicted molar refractivity (Wildman–Crippen MR) is 93.3 cm³/mol. The van der Waals surface area contributed by atoms with Gasteiger partial charge < -0.3 is 10.8 Å². The average Bonchev–Trinajstić information content (AvgIpc) is 3.07. The lowest BCUT2D eigenvalue weighted by atomic mass is 10.1. The van der Waals surface area contributed by atoms with Crippen molar-refractivity contribution in [2.45, 2.75) is 31.6 Å². The standard InChI is InChI=1S/C15H24N6OS/c1-9(2)23-7-10-5-21(6-12(10)22)4-3-11-13-14(20-19-11)15(16)18-8-17-13/h8-10,12,22H,3-7H2,1-2H3,(H,19,20)(H2,16,17,18)/t10-,12+/m1/s1. The zero-order valence-corrected chi connectivity index (χ0v) is 14.4. The Labute approximate surface area is 140 Å². The first-order valence-corrected chi connectivity index (χ1v) is 9.05. The highest BCUT2D eigenvalue weighted by molar-refractivity contribution is 7.99. The van der Waals surface area contributed by atoms with Gasteiger partial charge in [-0.1, -0.05) is 13.8 Å². The highest BCUT2D eigenvalue weighted by Crippen LogP contribution is 2.24. The molecule has 2 atom stereocenters. The third-order valence-corrected chi connectivity index (χ3v) is 5.53. The van der Waals surface area contributed by atoms with Gasteiger partial charge in [-0.25, -0.2) is 9.97 Å². The van der Waals surface area contributed by atoms with Crippen LogP contribution in [0.4, 0.5) is 5.82 Å². The molecule has 0 bridgehead atoms. The van der Waals surface area contributed by atoms with Gasteiger partial charge in [-0.3, -0.25) is 10.00 Å². The smallest absolute Gasteiger partial charge is 0.155 e. The van der Waals surface area contributed by atoms with E-state index in [2.05, 4.69) is 38.9 Å². The number of hydrogen-bond donors (Lipinski definition) is 3. The van der Waals surface area contributed by atoms with E-state index in [4.69, 9.17) is 5.73 Å². The highest BCUT2D eigenvalue weighted by atomic mass is 32.2. The maximum absolute atomic E-state index is 10.2. The summed E-state index contributed by atoms with van der Waals surface area (Å²) in [6, 6.07) is 0. The minimum absolute atomic E-state index is 0.224. The van der Waals surface area contributed by atoms with E-state index in [0.717, 1.165) is 43.0 Å². The van der Waals surface area contributed by atoms with Gasteiger partial charge in [-0.2, -0.15) is 16.9 Å². The van der Waals surface area contributed by atoms with Gasteiger partial charge >= 0.3 is 0 Å². The van der Waals surface area contributed by atoms with Gasteiger partial charge in [0.25, 0.3) is 0 Å². The van der Waals surface area contributed by atoms with Crippen molar-refractivity contribution < 1.29 is 5.11 Å².